The van der Waals surface area contributed by atoms with E-state index in [1.807, 2.05) is 0 Å². The van der Waals surface area contributed by atoms with Crippen LogP contribution in [0.5, 0.6) is 0 Å². The Labute approximate surface area is 110 Å². The van der Waals surface area contributed by atoms with Gasteiger partial charge >= 0.3 is 0 Å². The lowest BCUT2D eigenvalue weighted by Crippen LogP contribution is -2.36. The maximum atomic E-state index is 5.73. The van der Waals surface area contributed by atoms with Crippen LogP contribution in [0.1, 0.15) is 39.4 Å². The third-order valence-corrected chi connectivity index (χ3v) is 2.75. The van der Waals surface area contributed by atoms with E-state index in [1.165, 1.54) is 0 Å². The summed E-state index contributed by atoms with van der Waals surface area (Å²) < 4.78 is 5.22. The molecule has 18 heavy (non-hydrogen) atoms. The van der Waals surface area contributed by atoms with Crippen LogP contribution in [0.4, 0.5) is 0 Å². The van der Waals surface area contributed by atoms with Crippen molar-refractivity contribution in [2.24, 2.45) is 17.1 Å². The van der Waals surface area contributed by atoms with E-state index in [9.17, 15) is 0 Å². The van der Waals surface area contributed by atoms with Crippen LogP contribution < -0.4 is 5.73 Å². The van der Waals surface area contributed by atoms with Crippen LogP contribution in [0.15, 0.2) is 4.52 Å². The third kappa shape index (κ3) is 5.14. The van der Waals surface area contributed by atoms with Gasteiger partial charge in [-0.2, -0.15) is 4.98 Å². The molecular weight excluding hydrogens is 228 g/mol. The van der Waals surface area contributed by atoms with Gasteiger partial charge in [0.25, 0.3) is 0 Å². The molecular formula is C13H26N4O. The molecule has 5 nitrogen and oxygen atoms in total. The van der Waals surface area contributed by atoms with E-state index in [0.29, 0.717) is 19.0 Å². The van der Waals surface area contributed by atoms with Crippen molar-refractivity contribution in [1.82, 2.24) is 15.0 Å². The molecule has 0 aliphatic rings. The lowest BCUT2D eigenvalue weighted by molar-refractivity contribution is 0.204. The Bertz CT molecular complexity index is 360. The van der Waals surface area contributed by atoms with Crippen molar-refractivity contribution in [1.29, 1.82) is 0 Å². The molecule has 0 aliphatic heterocycles. The lowest BCUT2D eigenvalue weighted by atomic mass is 9.93. The lowest BCUT2D eigenvalue weighted by Gasteiger charge is -2.28. The standard InChI is InChI=1S/C13H26N4O/c1-10(2)6-12-15-11(16-18-12)7-17(5)9-13(3,4)8-14/h10H,6-9,14H2,1-5H3. The highest BCUT2D eigenvalue weighted by molar-refractivity contribution is 4.87. The maximum Gasteiger partial charge on any atom is 0.226 e. The van der Waals surface area contributed by atoms with Gasteiger partial charge in [0.2, 0.25) is 5.89 Å². The molecule has 1 rings (SSSR count). The van der Waals surface area contributed by atoms with E-state index in [0.717, 1.165) is 24.7 Å². The van der Waals surface area contributed by atoms with Gasteiger partial charge in [-0.15, -0.1) is 0 Å². The second-order valence-corrected chi connectivity index (χ2v) is 6.24. The molecule has 0 aromatic carbocycles. The van der Waals surface area contributed by atoms with Gasteiger partial charge in [-0.25, -0.2) is 0 Å². The average molecular weight is 254 g/mol. The zero-order valence-corrected chi connectivity index (χ0v) is 12.2. The molecule has 0 amide bonds. The summed E-state index contributed by atoms with van der Waals surface area (Å²) in [7, 11) is 2.05. The van der Waals surface area contributed by atoms with Crippen molar-refractivity contribution in [2.45, 2.75) is 40.7 Å². The smallest absolute Gasteiger partial charge is 0.226 e. The predicted octanol–water partition coefficient (Wildman–Crippen LogP) is 1.68. The Morgan fingerprint density at radius 2 is 2.06 bits per heavy atom. The molecule has 0 saturated carbocycles. The summed E-state index contributed by atoms with van der Waals surface area (Å²) in [5.74, 6) is 2.01. The molecule has 1 aromatic rings. The number of rotatable bonds is 7. The van der Waals surface area contributed by atoms with Gasteiger partial charge in [0.1, 0.15) is 0 Å². The molecule has 0 bridgehead atoms. The zero-order chi connectivity index (χ0) is 13.8. The summed E-state index contributed by atoms with van der Waals surface area (Å²) in [6, 6.07) is 0. The Kier molecular flexibility index (Phi) is 5.28. The van der Waals surface area contributed by atoms with Crippen molar-refractivity contribution >= 4 is 0 Å². The molecule has 0 radical (unpaired) electrons. The quantitative estimate of drug-likeness (QED) is 0.802. The van der Waals surface area contributed by atoms with Gasteiger partial charge in [-0.05, 0) is 24.9 Å². The number of hydrogen-bond acceptors (Lipinski definition) is 5. The molecule has 0 spiro atoms. The van der Waals surface area contributed by atoms with Gasteiger partial charge in [0, 0.05) is 13.0 Å². The SMILES string of the molecule is CC(C)Cc1nc(CN(C)CC(C)(C)CN)no1. The van der Waals surface area contributed by atoms with Crippen LogP contribution in [-0.2, 0) is 13.0 Å². The first kappa shape index (κ1) is 15.1. The first-order valence-corrected chi connectivity index (χ1v) is 6.52. The molecule has 2 N–H and O–H groups in total. The molecule has 0 saturated heterocycles. The number of nitrogens with two attached hydrogens (primary N) is 1. The summed E-state index contributed by atoms with van der Waals surface area (Å²) >= 11 is 0. The Morgan fingerprint density at radius 3 is 2.61 bits per heavy atom. The Hall–Kier alpha value is -0.940. The second-order valence-electron chi connectivity index (χ2n) is 6.24. The van der Waals surface area contributed by atoms with E-state index in [2.05, 4.69) is 49.8 Å². The molecule has 0 atom stereocenters. The van der Waals surface area contributed by atoms with Crippen molar-refractivity contribution in [2.75, 3.05) is 20.1 Å². The van der Waals surface area contributed by atoms with Crippen LogP contribution in [0.3, 0.4) is 0 Å². The summed E-state index contributed by atoms with van der Waals surface area (Å²) in [5, 5.41) is 4.01. The van der Waals surface area contributed by atoms with Gasteiger partial charge in [0.15, 0.2) is 5.82 Å². The number of aromatic nitrogens is 2. The Balaban J connectivity index is 2.49. The highest BCUT2D eigenvalue weighted by atomic mass is 16.5. The minimum atomic E-state index is 0.110. The van der Waals surface area contributed by atoms with Gasteiger partial charge < -0.3 is 10.3 Å². The summed E-state index contributed by atoms with van der Waals surface area (Å²) in [5.41, 5.74) is 5.84. The topological polar surface area (TPSA) is 68.2 Å². The maximum absolute atomic E-state index is 5.73. The van der Waals surface area contributed by atoms with Gasteiger partial charge in [-0.3, -0.25) is 4.90 Å². The number of hydrogen-bond donors (Lipinski definition) is 1. The molecule has 0 unspecified atom stereocenters. The monoisotopic (exact) mass is 254 g/mol. The summed E-state index contributed by atoms with van der Waals surface area (Å²) in [6.45, 7) is 10.9. The van der Waals surface area contributed by atoms with E-state index in [4.69, 9.17) is 10.3 Å². The van der Waals surface area contributed by atoms with Crippen LogP contribution >= 0.6 is 0 Å². The van der Waals surface area contributed by atoms with Gasteiger partial charge in [-0.1, -0.05) is 32.9 Å². The highest BCUT2D eigenvalue weighted by Crippen LogP contribution is 2.15. The fourth-order valence-electron chi connectivity index (χ4n) is 1.88. The van der Waals surface area contributed by atoms with Crippen molar-refractivity contribution in [3.63, 3.8) is 0 Å². The molecule has 1 heterocycles. The molecule has 5 heteroatoms. The van der Waals surface area contributed by atoms with Crippen LogP contribution in [0.25, 0.3) is 0 Å². The predicted molar refractivity (Wildman–Crippen MR) is 72.0 cm³/mol. The Morgan fingerprint density at radius 1 is 1.39 bits per heavy atom. The van der Waals surface area contributed by atoms with Gasteiger partial charge in [0.05, 0.1) is 6.54 Å². The second kappa shape index (κ2) is 6.29. The van der Waals surface area contributed by atoms with Crippen molar-refractivity contribution in [3.8, 4) is 0 Å². The first-order chi connectivity index (χ1) is 8.32. The normalized spacial score (nSPS) is 12.7. The third-order valence-electron chi connectivity index (χ3n) is 2.75. The minimum Gasteiger partial charge on any atom is -0.339 e. The van der Waals surface area contributed by atoms with E-state index in [-0.39, 0.29) is 5.41 Å². The van der Waals surface area contributed by atoms with Crippen LogP contribution in [0.2, 0.25) is 0 Å². The summed E-state index contributed by atoms with van der Waals surface area (Å²) in [6.07, 6.45) is 0.838. The average Bonchev–Trinajstić information content (AvgIpc) is 2.63. The molecule has 1 aromatic heterocycles. The highest BCUT2D eigenvalue weighted by Gasteiger charge is 2.19. The van der Waals surface area contributed by atoms with E-state index < -0.39 is 0 Å². The molecule has 104 valence electrons. The largest absolute Gasteiger partial charge is 0.339 e. The zero-order valence-electron chi connectivity index (χ0n) is 12.2. The van der Waals surface area contributed by atoms with Crippen LogP contribution in [0, 0.1) is 11.3 Å². The van der Waals surface area contributed by atoms with E-state index >= 15 is 0 Å². The number of nitrogens with zero attached hydrogens (tertiary/aromatic N) is 3. The fourth-order valence-corrected chi connectivity index (χ4v) is 1.88. The van der Waals surface area contributed by atoms with Crippen molar-refractivity contribution in [3.05, 3.63) is 11.7 Å². The minimum absolute atomic E-state index is 0.110. The summed E-state index contributed by atoms with van der Waals surface area (Å²) in [4.78, 5) is 6.57. The van der Waals surface area contributed by atoms with Crippen LogP contribution in [-0.4, -0.2) is 35.2 Å². The van der Waals surface area contributed by atoms with E-state index in [1.54, 1.807) is 0 Å². The molecule has 0 fully saturated rings. The molecule has 0 aliphatic carbocycles. The first-order valence-electron chi connectivity index (χ1n) is 6.52. The fraction of sp³-hybridized carbons (Fsp3) is 0.846. The van der Waals surface area contributed by atoms with Crippen molar-refractivity contribution < 1.29 is 4.52 Å².